The highest BCUT2D eigenvalue weighted by atomic mass is 16.3. The van der Waals surface area contributed by atoms with E-state index in [4.69, 9.17) is 4.42 Å². The maximum absolute atomic E-state index is 13.0. The predicted molar refractivity (Wildman–Crippen MR) is 94.7 cm³/mol. The standard InChI is InChI=1S/C19H21N3O4/c1-12-7-8-14(26-12)17(23)15-16(13-6-4-5-9-20-13)22(11-10-21(2)3)19(25)18(15)24/h4-9,16,24H,10-11H2,1-3H3/t16-/m0/s1. The van der Waals surface area contributed by atoms with Crippen molar-refractivity contribution in [2.24, 2.45) is 0 Å². The number of amides is 1. The van der Waals surface area contributed by atoms with Crippen LogP contribution in [0.15, 0.2) is 52.3 Å². The first-order chi connectivity index (χ1) is 12.4. The van der Waals surface area contributed by atoms with Gasteiger partial charge < -0.3 is 19.3 Å². The molecule has 0 saturated heterocycles. The zero-order valence-electron chi connectivity index (χ0n) is 15.0. The second kappa shape index (κ2) is 7.13. The van der Waals surface area contributed by atoms with Crippen molar-refractivity contribution in [2.45, 2.75) is 13.0 Å². The molecule has 0 bridgehead atoms. The van der Waals surface area contributed by atoms with E-state index in [1.807, 2.05) is 19.0 Å². The van der Waals surface area contributed by atoms with E-state index in [0.29, 0.717) is 24.5 Å². The fraction of sp³-hybridized carbons (Fsp3) is 0.316. The molecule has 1 N–H and O–H groups in total. The van der Waals surface area contributed by atoms with Crippen molar-refractivity contribution in [3.63, 3.8) is 0 Å². The van der Waals surface area contributed by atoms with Gasteiger partial charge in [-0.05, 0) is 45.3 Å². The van der Waals surface area contributed by atoms with Crippen molar-refractivity contribution in [3.8, 4) is 0 Å². The number of carbonyl (C=O) groups is 2. The Kier molecular flexibility index (Phi) is 4.90. The first-order valence-electron chi connectivity index (χ1n) is 8.31. The molecule has 0 saturated carbocycles. The molecule has 3 rings (SSSR count). The van der Waals surface area contributed by atoms with Gasteiger partial charge in [-0.2, -0.15) is 0 Å². The summed E-state index contributed by atoms with van der Waals surface area (Å²) in [5.74, 6) is -0.955. The number of hydrogen-bond acceptors (Lipinski definition) is 6. The maximum Gasteiger partial charge on any atom is 0.290 e. The molecule has 0 fully saturated rings. The molecule has 7 nitrogen and oxygen atoms in total. The number of pyridine rings is 1. The monoisotopic (exact) mass is 355 g/mol. The lowest BCUT2D eigenvalue weighted by Gasteiger charge is -2.27. The van der Waals surface area contributed by atoms with Crippen LogP contribution >= 0.6 is 0 Å². The van der Waals surface area contributed by atoms with Crippen LogP contribution in [-0.2, 0) is 4.79 Å². The summed E-state index contributed by atoms with van der Waals surface area (Å²) in [6.07, 6.45) is 1.60. The highest BCUT2D eigenvalue weighted by molar-refractivity contribution is 6.14. The van der Waals surface area contributed by atoms with Gasteiger partial charge in [-0.15, -0.1) is 0 Å². The van der Waals surface area contributed by atoms with Crippen LogP contribution in [0.3, 0.4) is 0 Å². The van der Waals surface area contributed by atoms with Gasteiger partial charge in [0.15, 0.2) is 11.5 Å². The van der Waals surface area contributed by atoms with Crippen molar-refractivity contribution in [3.05, 3.63) is 65.1 Å². The molecule has 0 spiro atoms. The summed E-state index contributed by atoms with van der Waals surface area (Å²) in [6, 6.07) is 7.74. The fourth-order valence-electron chi connectivity index (χ4n) is 2.96. The van der Waals surface area contributed by atoms with E-state index >= 15 is 0 Å². The molecule has 1 atom stereocenters. The average Bonchev–Trinajstić information content (AvgIpc) is 3.16. The minimum absolute atomic E-state index is 0.00167. The minimum Gasteiger partial charge on any atom is -0.503 e. The number of nitrogens with zero attached hydrogens (tertiary/aromatic N) is 3. The second-order valence-corrected chi connectivity index (χ2v) is 6.46. The van der Waals surface area contributed by atoms with Gasteiger partial charge in [0, 0.05) is 19.3 Å². The first kappa shape index (κ1) is 17.9. The summed E-state index contributed by atoms with van der Waals surface area (Å²) < 4.78 is 5.41. The van der Waals surface area contributed by atoms with Crippen molar-refractivity contribution in [1.82, 2.24) is 14.8 Å². The lowest BCUT2D eigenvalue weighted by molar-refractivity contribution is -0.129. The Morgan fingerprint density at radius 3 is 2.65 bits per heavy atom. The van der Waals surface area contributed by atoms with Crippen LogP contribution in [0.1, 0.15) is 28.1 Å². The van der Waals surface area contributed by atoms with Gasteiger partial charge >= 0.3 is 0 Å². The zero-order chi connectivity index (χ0) is 18.8. The van der Waals surface area contributed by atoms with Crippen LogP contribution in [0.2, 0.25) is 0 Å². The third-order valence-corrected chi connectivity index (χ3v) is 4.27. The molecular weight excluding hydrogens is 334 g/mol. The molecule has 26 heavy (non-hydrogen) atoms. The molecule has 0 unspecified atom stereocenters. The van der Waals surface area contributed by atoms with Crippen molar-refractivity contribution >= 4 is 11.7 Å². The smallest absolute Gasteiger partial charge is 0.290 e. The maximum atomic E-state index is 13.0. The Morgan fingerprint density at radius 2 is 2.08 bits per heavy atom. The van der Waals surface area contributed by atoms with Crippen LogP contribution in [-0.4, -0.2) is 58.8 Å². The minimum atomic E-state index is -0.749. The van der Waals surface area contributed by atoms with Crippen LogP contribution in [0.5, 0.6) is 0 Å². The normalized spacial score (nSPS) is 17.5. The summed E-state index contributed by atoms with van der Waals surface area (Å²) in [4.78, 5) is 33.3. The SMILES string of the molecule is Cc1ccc(C(=O)C2=C(O)C(=O)N(CCN(C)C)[C@H]2c2ccccn2)o1. The van der Waals surface area contributed by atoms with Crippen molar-refractivity contribution in [2.75, 3.05) is 27.2 Å². The zero-order valence-corrected chi connectivity index (χ0v) is 15.0. The highest BCUT2D eigenvalue weighted by Crippen LogP contribution is 2.38. The molecule has 136 valence electrons. The van der Waals surface area contributed by atoms with Crippen LogP contribution in [0.25, 0.3) is 0 Å². The van der Waals surface area contributed by atoms with Gasteiger partial charge in [-0.25, -0.2) is 0 Å². The highest BCUT2D eigenvalue weighted by Gasteiger charge is 2.44. The molecule has 3 heterocycles. The van der Waals surface area contributed by atoms with Gasteiger partial charge in [0.25, 0.3) is 5.91 Å². The lowest BCUT2D eigenvalue weighted by atomic mass is 9.98. The Balaban J connectivity index is 2.04. The lowest BCUT2D eigenvalue weighted by Crippen LogP contribution is -2.37. The topological polar surface area (TPSA) is 86.9 Å². The molecule has 0 aliphatic carbocycles. The molecule has 1 amide bonds. The fourth-order valence-corrected chi connectivity index (χ4v) is 2.96. The summed E-state index contributed by atoms with van der Waals surface area (Å²) in [5, 5.41) is 10.4. The summed E-state index contributed by atoms with van der Waals surface area (Å²) in [5.41, 5.74) is 0.525. The van der Waals surface area contributed by atoms with E-state index < -0.39 is 23.5 Å². The Labute approximate surface area is 151 Å². The van der Waals surface area contributed by atoms with E-state index in [1.54, 1.807) is 43.5 Å². The molecule has 2 aromatic rings. The van der Waals surface area contributed by atoms with Crippen LogP contribution in [0, 0.1) is 6.92 Å². The number of aliphatic hydroxyl groups excluding tert-OH is 1. The predicted octanol–water partition coefficient (Wildman–Crippen LogP) is 2.12. The largest absolute Gasteiger partial charge is 0.503 e. The van der Waals surface area contributed by atoms with E-state index in [0.717, 1.165) is 0 Å². The second-order valence-electron chi connectivity index (χ2n) is 6.46. The third-order valence-electron chi connectivity index (χ3n) is 4.27. The molecule has 1 aliphatic rings. The molecule has 7 heteroatoms. The van der Waals surface area contributed by atoms with Crippen LogP contribution in [0.4, 0.5) is 0 Å². The molecule has 0 radical (unpaired) electrons. The summed E-state index contributed by atoms with van der Waals surface area (Å²) in [6.45, 7) is 2.67. The van der Waals surface area contributed by atoms with E-state index in [9.17, 15) is 14.7 Å². The Morgan fingerprint density at radius 1 is 1.31 bits per heavy atom. The number of furan rings is 1. The number of aromatic nitrogens is 1. The molecule has 2 aromatic heterocycles. The number of likely N-dealkylation sites (N-methyl/N-ethyl adjacent to an activating group) is 1. The molecule has 0 aromatic carbocycles. The van der Waals surface area contributed by atoms with Gasteiger partial charge in [0.2, 0.25) is 5.78 Å². The third kappa shape index (κ3) is 3.25. The van der Waals surface area contributed by atoms with Gasteiger partial charge in [-0.3, -0.25) is 14.6 Å². The van der Waals surface area contributed by atoms with E-state index in [2.05, 4.69) is 4.98 Å². The van der Waals surface area contributed by atoms with Crippen LogP contribution < -0.4 is 0 Å². The number of aliphatic hydroxyl groups is 1. The van der Waals surface area contributed by atoms with E-state index in [1.165, 1.54) is 4.90 Å². The molecule has 1 aliphatic heterocycles. The van der Waals surface area contributed by atoms with Gasteiger partial charge in [0.1, 0.15) is 11.8 Å². The van der Waals surface area contributed by atoms with Crippen molar-refractivity contribution in [1.29, 1.82) is 0 Å². The Bertz CT molecular complexity index is 855. The number of Topliss-reactive ketones (excluding diaryl/α,β-unsaturated/α-hetero) is 1. The summed E-state index contributed by atoms with van der Waals surface area (Å²) in [7, 11) is 3.78. The number of hydrogen-bond donors (Lipinski definition) is 1. The molecular formula is C19H21N3O4. The average molecular weight is 355 g/mol. The quantitative estimate of drug-likeness (QED) is 0.799. The number of rotatable bonds is 6. The van der Waals surface area contributed by atoms with E-state index in [-0.39, 0.29) is 11.3 Å². The number of carbonyl (C=O) groups excluding carboxylic acids is 2. The van der Waals surface area contributed by atoms with Gasteiger partial charge in [0.05, 0.1) is 11.3 Å². The van der Waals surface area contributed by atoms with Crippen molar-refractivity contribution < 1.29 is 19.1 Å². The number of ketones is 1. The summed E-state index contributed by atoms with van der Waals surface area (Å²) >= 11 is 0. The number of aryl methyl sites for hydroxylation is 1. The van der Waals surface area contributed by atoms with Gasteiger partial charge in [-0.1, -0.05) is 6.07 Å². The first-order valence-corrected chi connectivity index (χ1v) is 8.31. The Hall–Kier alpha value is -2.93.